The molecule has 4 atom stereocenters. The molecule has 0 aliphatic carbocycles. The second-order valence-electron chi connectivity index (χ2n) is 11.3. The average Bonchev–Trinajstić information content (AvgIpc) is 3.47. The van der Waals surface area contributed by atoms with Crippen LogP contribution in [-0.2, 0) is 15.1 Å². The van der Waals surface area contributed by atoms with Crippen molar-refractivity contribution in [3.63, 3.8) is 0 Å². The SMILES string of the molecule is Cc1ccc(N2C(=O)[C@H]3[C@H](CC(C)C)N[C@]4(c5ccccc5-n5c4nc4ccccc4c5=O)[C@H]3C2=O)c(Br)c1. The van der Waals surface area contributed by atoms with Crippen molar-refractivity contribution in [3.8, 4) is 5.69 Å². The Morgan fingerprint density at radius 2 is 1.72 bits per heavy atom. The Hall–Kier alpha value is -3.62. The second-order valence-corrected chi connectivity index (χ2v) is 12.1. The fourth-order valence-corrected chi connectivity index (χ4v) is 7.63. The highest BCUT2D eigenvalue weighted by Crippen LogP contribution is 2.56. The van der Waals surface area contributed by atoms with Crippen LogP contribution in [0, 0.1) is 24.7 Å². The largest absolute Gasteiger partial charge is 0.297 e. The number of anilines is 1. The summed E-state index contributed by atoms with van der Waals surface area (Å²) in [5.74, 6) is -1.10. The number of benzene rings is 3. The van der Waals surface area contributed by atoms with Crippen LogP contribution < -0.4 is 15.8 Å². The first-order chi connectivity index (χ1) is 18.7. The number of halogens is 1. The van der Waals surface area contributed by atoms with Crippen LogP contribution in [0.25, 0.3) is 16.6 Å². The van der Waals surface area contributed by atoms with E-state index in [2.05, 4.69) is 35.1 Å². The summed E-state index contributed by atoms with van der Waals surface area (Å²) in [5, 5.41) is 4.27. The van der Waals surface area contributed by atoms with Crippen molar-refractivity contribution in [2.45, 2.75) is 38.8 Å². The normalized spacial score (nSPS) is 25.2. The third-order valence-electron chi connectivity index (χ3n) is 8.43. The van der Waals surface area contributed by atoms with Crippen molar-refractivity contribution in [2.75, 3.05) is 4.90 Å². The summed E-state index contributed by atoms with van der Waals surface area (Å²) in [6, 6.07) is 20.3. The molecule has 3 aliphatic rings. The number of imide groups is 1. The smallest absolute Gasteiger partial charge is 0.266 e. The van der Waals surface area contributed by atoms with Gasteiger partial charge in [0.2, 0.25) is 11.8 Å². The van der Waals surface area contributed by atoms with Crippen LogP contribution in [0.2, 0.25) is 0 Å². The molecule has 7 nitrogen and oxygen atoms in total. The van der Waals surface area contributed by atoms with Gasteiger partial charge in [-0.15, -0.1) is 0 Å². The Bertz CT molecular complexity index is 1780. The van der Waals surface area contributed by atoms with E-state index in [0.717, 1.165) is 11.1 Å². The number of hydrogen-bond acceptors (Lipinski definition) is 5. The van der Waals surface area contributed by atoms with Gasteiger partial charge in [0, 0.05) is 16.1 Å². The monoisotopic (exact) mass is 582 g/mol. The van der Waals surface area contributed by atoms with Gasteiger partial charge >= 0.3 is 0 Å². The minimum atomic E-state index is -1.12. The molecular formula is C31H27BrN4O3. The lowest BCUT2D eigenvalue weighted by Gasteiger charge is -2.32. The van der Waals surface area contributed by atoms with Crippen molar-refractivity contribution >= 4 is 44.3 Å². The molecule has 196 valence electrons. The zero-order valence-corrected chi connectivity index (χ0v) is 23.4. The molecule has 0 saturated carbocycles. The topological polar surface area (TPSA) is 84.3 Å². The van der Waals surface area contributed by atoms with E-state index >= 15 is 0 Å². The van der Waals surface area contributed by atoms with Crippen LogP contribution in [0.3, 0.4) is 0 Å². The molecule has 2 amide bonds. The summed E-state index contributed by atoms with van der Waals surface area (Å²) >= 11 is 3.59. The van der Waals surface area contributed by atoms with Gasteiger partial charge in [-0.1, -0.05) is 50.2 Å². The van der Waals surface area contributed by atoms with Gasteiger partial charge in [0.25, 0.3) is 5.56 Å². The summed E-state index contributed by atoms with van der Waals surface area (Å²) in [6.45, 7) is 6.20. The molecule has 0 bridgehead atoms. The number of hydrogen-bond donors (Lipinski definition) is 1. The van der Waals surface area contributed by atoms with Gasteiger partial charge in [0.15, 0.2) is 0 Å². The fourth-order valence-electron chi connectivity index (χ4n) is 6.96. The van der Waals surface area contributed by atoms with Gasteiger partial charge in [0.05, 0.1) is 34.1 Å². The minimum absolute atomic E-state index is 0.180. The van der Waals surface area contributed by atoms with E-state index in [9.17, 15) is 14.4 Å². The van der Waals surface area contributed by atoms with E-state index in [0.29, 0.717) is 39.0 Å². The molecule has 0 unspecified atom stereocenters. The molecule has 2 fully saturated rings. The Balaban J connectivity index is 1.52. The number of carbonyl (C=O) groups is 2. The quantitative estimate of drug-likeness (QED) is 0.349. The lowest BCUT2D eigenvalue weighted by atomic mass is 9.75. The van der Waals surface area contributed by atoms with Crippen LogP contribution in [-0.4, -0.2) is 27.4 Å². The number of carbonyl (C=O) groups excluding carboxylic acids is 2. The first kappa shape index (κ1) is 24.4. The first-order valence-corrected chi connectivity index (χ1v) is 14.1. The lowest BCUT2D eigenvalue weighted by Crippen LogP contribution is -2.50. The van der Waals surface area contributed by atoms with Crippen molar-refractivity contribution < 1.29 is 9.59 Å². The van der Waals surface area contributed by atoms with E-state index in [-0.39, 0.29) is 29.3 Å². The maximum absolute atomic E-state index is 14.5. The van der Waals surface area contributed by atoms with Crippen LogP contribution in [0.15, 0.2) is 76.0 Å². The van der Waals surface area contributed by atoms with Crippen molar-refractivity contribution in [1.29, 1.82) is 0 Å². The number of aromatic nitrogens is 2. The standard InChI is InChI=1S/C31H27BrN4O3/c1-16(2)14-22-25-26(29(39)35(28(25)38)24-13-12-17(3)15-20(24)32)31(34-22)19-9-5-7-11-23(19)36-27(37)18-8-4-6-10-21(18)33-30(31)36/h4-13,15-16,22,25-26,34H,14H2,1-3H3/t22-,25-,26+,31+/m0/s1. The Morgan fingerprint density at radius 1 is 0.974 bits per heavy atom. The molecule has 1 aromatic heterocycles. The molecule has 39 heavy (non-hydrogen) atoms. The van der Waals surface area contributed by atoms with Crippen LogP contribution in [0.4, 0.5) is 5.69 Å². The van der Waals surface area contributed by atoms with Crippen LogP contribution >= 0.6 is 15.9 Å². The minimum Gasteiger partial charge on any atom is -0.297 e. The molecule has 0 radical (unpaired) electrons. The van der Waals surface area contributed by atoms with Gasteiger partial charge in [-0.3, -0.25) is 24.3 Å². The van der Waals surface area contributed by atoms with E-state index in [1.807, 2.05) is 67.6 Å². The van der Waals surface area contributed by atoms with Crippen molar-refractivity contribution in [3.05, 3.63) is 98.5 Å². The van der Waals surface area contributed by atoms with Gasteiger partial charge < -0.3 is 0 Å². The molecular weight excluding hydrogens is 556 g/mol. The molecule has 4 aromatic rings. The zero-order valence-electron chi connectivity index (χ0n) is 21.8. The Labute approximate surface area is 234 Å². The van der Waals surface area contributed by atoms with Gasteiger partial charge in [-0.05, 0) is 71.1 Å². The Morgan fingerprint density at radius 3 is 2.49 bits per heavy atom. The summed E-state index contributed by atoms with van der Waals surface area (Å²) in [4.78, 5) is 49.0. The fraction of sp³-hybridized carbons (Fsp3) is 0.290. The zero-order chi connectivity index (χ0) is 27.2. The van der Waals surface area contributed by atoms with Crippen molar-refractivity contribution in [1.82, 2.24) is 14.9 Å². The van der Waals surface area contributed by atoms with Gasteiger partial charge in [-0.25, -0.2) is 9.88 Å². The number of rotatable bonds is 3. The maximum Gasteiger partial charge on any atom is 0.266 e. The third kappa shape index (κ3) is 3.19. The number of aryl methyl sites for hydroxylation is 1. The summed E-state index contributed by atoms with van der Waals surface area (Å²) in [7, 11) is 0. The average molecular weight is 583 g/mol. The highest BCUT2D eigenvalue weighted by molar-refractivity contribution is 9.10. The van der Waals surface area contributed by atoms with E-state index in [1.54, 1.807) is 10.6 Å². The molecule has 3 aliphatic heterocycles. The van der Waals surface area contributed by atoms with E-state index in [1.165, 1.54) is 4.90 Å². The summed E-state index contributed by atoms with van der Waals surface area (Å²) in [6.07, 6.45) is 0.699. The Kier molecular flexibility index (Phi) is 5.28. The number of nitrogens with one attached hydrogen (secondary N) is 1. The predicted octanol–water partition coefficient (Wildman–Crippen LogP) is 4.84. The predicted molar refractivity (Wildman–Crippen MR) is 153 cm³/mol. The molecule has 8 heteroatoms. The second kappa shape index (κ2) is 8.44. The number of nitrogens with zero attached hydrogens (tertiary/aromatic N) is 3. The van der Waals surface area contributed by atoms with Crippen LogP contribution in [0.1, 0.15) is 37.2 Å². The maximum atomic E-state index is 14.5. The first-order valence-electron chi connectivity index (χ1n) is 13.3. The molecule has 1 N–H and O–H groups in total. The van der Waals surface area contributed by atoms with Gasteiger partial charge in [-0.2, -0.15) is 0 Å². The summed E-state index contributed by atoms with van der Waals surface area (Å²) < 4.78 is 2.33. The number of amides is 2. The molecule has 4 heterocycles. The third-order valence-corrected chi connectivity index (χ3v) is 9.07. The molecule has 1 spiro atoms. The molecule has 2 saturated heterocycles. The van der Waals surface area contributed by atoms with Crippen molar-refractivity contribution in [2.24, 2.45) is 17.8 Å². The van der Waals surface area contributed by atoms with E-state index < -0.39 is 17.4 Å². The molecule has 3 aromatic carbocycles. The van der Waals surface area contributed by atoms with Crippen LogP contribution in [0.5, 0.6) is 0 Å². The lowest BCUT2D eigenvalue weighted by molar-refractivity contribution is -0.123. The van der Waals surface area contributed by atoms with Gasteiger partial charge in [0.1, 0.15) is 11.4 Å². The summed E-state index contributed by atoms with van der Waals surface area (Å²) in [5.41, 5.74) is 2.33. The van der Waals surface area contributed by atoms with E-state index in [4.69, 9.17) is 4.98 Å². The number of fused-ring (bicyclic) bond motifs is 8. The molecule has 7 rings (SSSR count). The highest BCUT2D eigenvalue weighted by Gasteiger charge is 2.69. The highest BCUT2D eigenvalue weighted by atomic mass is 79.9. The number of para-hydroxylation sites is 2.